The number of carbonyl (C=O) groups is 5. The number of anilines is 3. The lowest BCUT2D eigenvalue weighted by molar-refractivity contribution is -0.130. The number of rotatable bonds is 27. The van der Waals surface area contributed by atoms with Crippen LogP contribution in [0.2, 0.25) is 0 Å². The second kappa shape index (κ2) is 25.8. The molecule has 22 nitrogen and oxygen atoms in total. The third-order valence-corrected chi connectivity index (χ3v) is 11.2. The Labute approximate surface area is 395 Å². The highest BCUT2D eigenvalue weighted by atomic mass is 16.6. The maximum absolute atomic E-state index is 13.7. The first kappa shape index (κ1) is 51.9. The van der Waals surface area contributed by atoms with Gasteiger partial charge in [0, 0.05) is 43.3 Å². The van der Waals surface area contributed by atoms with Crippen LogP contribution in [0.25, 0.3) is 11.0 Å². The summed E-state index contributed by atoms with van der Waals surface area (Å²) in [6, 6.07) is 9.67. The van der Waals surface area contributed by atoms with Crippen LogP contribution in [0.5, 0.6) is 5.75 Å². The van der Waals surface area contributed by atoms with Crippen LogP contribution in [0.4, 0.5) is 27.0 Å². The van der Waals surface area contributed by atoms with Crippen molar-refractivity contribution in [1.82, 2.24) is 40.6 Å². The molecule has 2 heterocycles. The first-order valence-electron chi connectivity index (χ1n) is 22.8. The summed E-state index contributed by atoms with van der Waals surface area (Å²) in [5.41, 5.74) is 27.3. The van der Waals surface area contributed by atoms with Crippen LogP contribution in [-0.4, -0.2) is 112 Å². The number of primary amides is 1. The van der Waals surface area contributed by atoms with Crippen LogP contribution >= 0.6 is 0 Å². The maximum Gasteiger partial charge on any atom is 0.410 e. The van der Waals surface area contributed by atoms with Crippen molar-refractivity contribution in [2.24, 2.45) is 17.2 Å². The molecule has 0 saturated heterocycles. The topological polar surface area (TPSA) is 324 Å². The highest BCUT2D eigenvalue weighted by molar-refractivity contribution is 5.99. The number of urea groups is 1. The van der Waals surface area contributed by atoms with Crippen molar-refractivity contribution < 1.29 is 38.2 Å². The summed E-state index contributed by atoms with van der Waals surface area (Å²) in [7, 11) is 1.59. The predicted molar refractivity (Wildman–Crippen MR) is 257 cm³/mol. The molecule has 6 amide bonds. The van der Waals surface area contributed by atoms with E-state index in [1.165, 1.54) is 0 Å². The lowest BCUT2D eigenvalue weighted by Gasteiger charge is -2.37. The van der Waals surface area contributed by atoms with E-state index in [1.54, 1.807) is 54.1 Å². The number of nitrogens with one attached hydrogen (secondary N) is 5. The third-order valence-electron chi connectivity index (χ3n) is 11.2. The Morgan fingerprint density at radius 3 is 2.41 bits per heavy atom. The van der Waals surface area contributed by atoms with Gasteiger partial charge in [0.25, 0.3) is 0 Å². The fraction of sp³-hybridized carbons (Fsp3) is 0.478. The SMILES string of the molecule is C=C(C)[C@H](NC(=O)CCOCCN)C(=O)N[C@@H](CCCNC(N)=O)C(=O)Nc1ccc(COC(=O)N(Cc2ccc(Cn3ncc4nc(N)nc(NC(N)CCC)c43)c(OC)c2)C2CCC2)cc1. The maximum atomic E-state index is 13.7. The van der Waals surface area contributed by atoms with Gasteiger partial charge in [-0.25, -0.2) is 14.6 Å². The van der Waals surface area contributed by atoms with Crippen LogP contribution in [0.15, 0.2) is 60.8 Å². The zero-order chi connectivity index (χ0) is 49.2. The Bertz CT molecular complexity index is 2360. The third kappa shape index (κ3) is 15.3. The molecule has 0 spiro atoms. The number of hydrogen-bond acceptors (Lipinski definition) is 15. The Hall–Kier alpha value is -7.04. The number of nitrogens with zero attached hydrogens (tertiary/aromatic N) is 5. The van der Waals surface area contributed by atoms with Crippen LogP contribution in [0.1, 0.15) is 81.9 Å². The highest BCUT2D eigenvalue weighted by Gasteiger charge is 2.31. The first-order chi connectivity index (χ1) is 32.7. The van der Waals surface area contributed by atoms with E-state index in [2.05, 4.69) is 48.2 Å². The molecule has 1 fully saturated rings. The summed E-state index contributed by atoms with van der Waals surface area (Å²) in [6.45, 7) is 8.97. The average molecular weight is 943 g/mol. The molecule has 22 heteroatoms. The predicted octanol–water partition coefficient (Wildman–Crippen LogP) is 2.95. The number of amides is 6. The molecule has 68 heavy (non-hydrogen) atoms. The lowest BCUT2D eigenvalue weighted by Crippen LogP contribution is -2.53. The van der Waals surface area contributed by atoms with E-state index in [4.69, 9.17) is 37.1 Å². The molecule has 368 valence electrons. The van der Waals surface area contributed by atoms with Crippen LogP contribution in [-0.2, 0) is 43.6 Å². The number of aromatic nitrogens is 4. The molecule has 5 rings (SSSR count). The van der Waals surface area contributed by atoms with E-state index < -0.39 is 41.9 Å². The first-order valence-corrected chi connectivity index (χ1v) is 22.8. The normalized spacial score (nSPS) is 13.6. The second-order valence-corrected chi connectivity index (χ2v) is 16.6. The fourth-order valence-corrected chi connectivity index (χ4v) is 7.39. The summed E-state index contributed by atoms with van der Waals surface area (Å²) in [6.07, 6.45) is 5.60. The molecule has 4 aromatic rings. The standard InChI is InChI=1S/C46H66N14O8/c1-5-8-37(48)56-41-40-35(55-44(49)58-41)24-52-60(40)26-31-15-12-30(23-36(31)66-4)25-59(33-9-6-10-33)46(65)68-27-29-13-16-32(17-14-29)53-42(62)34(11-7-20-51-45(50)64)54-43(63)39(28(2)3)57-38(61)18-21-67-22-19-47/h12-17,23-24,33-34,37,39H,2,5-11,18-22,25-27,47-48H2,1,3-4H3,(H,53,62)(H,54,63)(H,57,61)(H3,50,51,64)(H3,49,55,56,58)/t34-,37?,39-/m0/s1. The number of fused-ring (bicyclic) bond motifs is 1. The van der Waals surface area contributed by atoms with Gasteiger partial charge < -0.3 is 68.6 Å². The van der Waals surface area contributed by atoms with Crippen molar-refractivity contribution >= 4 is 58.3 Å². The number of benzene rings is 2. The quantitative estimate of drug-likeness (QED) is 0.0236. The summed E-state index contributed by atoms with van der Waals surface area (Å²) in [4.78, 5) is 75.0. The van der Waals surface area contributed by atoms with Crippen molar-refractivity contribution in [3.63, 3.8) is 0 Å². The molecular formula is C46H66N14O8. The Kier molecular flexibility index (Phi) is 19.7. The molecule has 3 atom stereocenters. The van der Waals surface area contributed by atoms with Crippen molar-refractivity contribution in [2.45, 2.75) is 109 Å². The minimum atomic E-state index is -1.12. The minimum Gasteiger partial charge on any atom is -0.496 e. The Balaban J connectivity index is 1.20. The lowest BCUT2D eigenvalue weighted by atomic mass is 9.91. The monoisotopic (exact) mass is 943 g/mol. The number of methoxy groups -OCH3 is 1. The van der Waals surface area contributed by atoms with Gasteiger partial charge in [-0.15, -0.1) is 0 Å². The summed E-state index contributed by atoms with van der Waals surface area (Å²) >= 11 is 0. The Morgan fingerprint density at radius 1 is 1.00 bits per heavy atom. The second-order valence-electron chi connectivity index (χ2n) is 16.6. The molecular weight excluding hydrogens is 877 g/mol. The largest absolute Gasteiger partial charge is 0.496 e. The summed E-state index contributed by atoms with van der Waals surface area (Å²) in [5, 5.41) is 18.4. The van der Waals surface area contributed by atoms with Gasteiger partial charge in [-0.1, -0.05) is 44.2 Å². The smallest absolute Gasteiger partial charge is 0.410 e. The summed E-state index contributed by atoms with van der Waals surface area (Å²) < 4.78 is 18.7. The van der Waals surface area contributed by atoms with Crippen LogP contribution in [0, 0.1) is 0 Å². The zero-order valence-corrected chi connectivity index (χ0v) is 39.1. The molecule has 0 radical (unpaired) electrons. The molecule has 1 saturated carbocycles. The van der Waals surface area contributed by atoms with Gasteiger partial charge in [-0.05, 0) is 80.3 Å². The van der Waals surface area contributed by atoms with Gasteiger partial charge in [-0.3, -0.25) is 19.1 Å². The molecule has 1 aliphatic carbocycles. The van der Waals surface area contributed by atoms with E-state index >= 15 is 0 Å². The molecule has 0 bridgehead atoms. The van der Waals surface area contributed by atoms with Gasteiger partial charge >= 0.3 is 12.1 Å². The zero-order valence-electron chi connectivity index (χ0n) is 39.1. The van der Waals surface area contributed by atoms with E-state index in [9.17, 15) is 24.0 Å². The van der Waals surface area contributed by atoms with Crippen molar-refractivity contribution in [1.29, 1.82) is 0 Å². The molecule has 1 unspecified atom stereocenters. The molecule has 0 aliphatic heterocycles. The fourth-order valence-electron chi connectivity index (χ4n) is 7.39. The number of carbonyl (C=O) groups excluding carboxylic acids is 5. The highest BCUT2D eigenvalue weighted by Crippen LogP contribution is 2.30. The van der Waals surface area contributed by atoms with Gasteiger partial charge in [-0.2, -0.15) is 10.1 Å². The van der Waals surface area contributed by atoms with Crippen molar-refractivity contribution in [2.75, 3.05) is 49.8 Å². The van der Waals surface area contributed by atoms with Crippen molar-refractivity contribution in [3.05, 3.63) is 77.5 Å². The summed E-state index contributed by atoms with van der Waals surface area (Å²) in [5.74, 6) is -0.402. The van der Waals surface area contributed by atoms with Crippen LogP contribution in [0.3, 0.4) is 0 Å². The van der Waals surface area contributed by atoms with E-state index in [0.29, 0.717) is 72.1 Å². The number of ether oxygens (including phenoxy) is 3. The van der Waals surface area contributed by atoms with E-state index in [1.807, 2.05) is 25.1 Å². The van der Waals surface area contributed by atoms with E-state index in [0.717, 1.165) is 43.2 Å². The number of hydrogen-bond donors (Lipinski definition) is 9. The number of nitrogens with two attached hydrogens (primary N) is 4. The van der Waals surface area contributed by atoms with Gasteiger partial charge in [0.1, 0.15) is 35.5 Å². The van der Waals surface area contributed by atoms with Gasteiger partial charge in [0.15, 0.2) is 5.82 Å². The van der Waals surface area contributed by atoms with Crippen molar-refractivity contribution in [3.8, 4) is 5.75 Å². The minimum absolute atomic E-state index is 0.00506. The molecule has 2 aromatic carbocycles. The van der Waals surface area contributed by atoms with Gasteiger partial charge in [0.05, 0.1) is 39.2 Å². The average Bonchev–Trinajstić information content (AvgIpc) is 3.69. The molecule has 1 aliphatic rings. The van der Waals surface area contributed by atoms with E-state index in [-0.39, 0.29) is 50.8 Å². The Morgan fingerprint density at radius 2 is 1.75 bits per heavy atom. The van der Waals surface area contributed by atoms with Crippen LogP contribution < -0.4 is 54.3 Å². The molecule has 13 N–H and O–H groups in total. The molecule has 2 aromatic heterocycles. The number of nitrogen functional groups attached to an aromatic ring is 1. The van der Waals surface area contributed by atoms with Gasteiger partial charge in [0.2, 0.25) is 23.7 Å².